The van der Waals surface area contributed by atoms with Crippen LogP contribution in [0.4, 0.5) is 5.82 Å². The molecule has 2 heterocycles. The van der Waals surface area contributed by atoms with E-state index < -0.39 is 31.1 Å². The molecule has 0 saturated heterocycles. The topological polar surface area (TPSA) is 140 Å². The summed E-state index contributed by atoms with van der Waals surface area (Å²) in [6.45, 7) is 0.434. The first-order valence-electron chi connectivity index (χ1n) is 6.43. The summed E-state index contributed by atoms with van der Waals surface area (Å²) in [6, 6.07) is 0. The number of aromatic nitrogens is 4. The van der Waals surface area contributed by atoms with Crippen LogP contribution in [0.15, 0.2) is 12.7 Å². The van der Waals surface area contributed by atoms with Crippen LogP contribution < -0.4 is 5.73 Å². The van der Waals surface area contributed by atoms with Crippen molar-refractivity contribution in [2.75, 3.05) is 18.9 Å². The van der Waals surface area contributed by atoms with E-state index >= 15 is 0 Å². The van der Waals surface area contributed by atoms with Gasteiger partial charge in [0.1, 0.15) is 23.5 Å². The Morgan fingerprint density at radius 2 is 2.18 bits per heavy atom. The Hall–Kier alpha value is -2.25. The molecule has 22 heavy (non-hydrogen) atoms. The van der Waals surface area contributed by atoms with Crippen molar-refractivity contribution in [1.29, 1.82) is 0 Å². The number of nitrogens with zero attached hydrogens (tertiary/aromatic N) is 4. The largest absolute Gasteiger partial charge is 0.393 e. The molecule has 5 N–H and O–H groups in total. The highest BCUT2D eigenvalue weighted by Gasteiger charge is 2.36. The van der Waals surface area contributed by atoms with Crippen molar-refractivity contribution in [2.45, 2.75) is 24.9 Å². The van der Waals surface area contributed by atoms with Gasteiger partial charge in [0.15, 0.2) is 17.7 Å². The zero-order valence-corrected chi connectivity index (χ0v) is 11.9. The minimum Gasteiger partial charge on any atom is -0.393 e. The van der Waals surface area contributed by atoms with Gasteiger partial charge in [-0.2, -0.15) is 0 Å². The number of aliphatic hydroxyl groups is 3. The number of anilines is 1. The van der Waals surface area contributed by atoms with E-state index in [0.29, 0.717) is 11.2 Å². The van der Waals surface area contributed by atoms with Crippen molar-refractivity contribution in [3.8, 4) is 12.3 Å². The van der Waals surface area contributed by atoms with Crippen LogP contribution in [0.3, 0.4) is 0 Å². The summed E-state index contributed by atoms with van der Waals surface area (Å²) >= 11 is 0. The van der Waals surface area contributed by atoms with Gasteiger partial charge in [-0.3, -0.25) is 4.57 Å². The van der Waals surface area contributed by atoms with Gasteiger partial charge in [0.05, 0.1) is 19.5 Å². The van der Waals surface area contributed by atoms with E-state index in [1.165, 1.54) is 24.1 Å². The van der Waals surface area contributed by atoms with Crippen molar-refractivity contribution >= 4 is 17.0 Å². The quantitative estimate of drug-likeness (QED) is 0.481. The average molecular weight is 307 g/mol. The van der Waals surface area contributed by atoms with Gasteiger partial charge in [-0.15, -0.1) is 6.42 Å². The van der Waals surface area contributed by atoms with Gasteiger partial charge < -0.3 is 25.8 Å². The Balaban J connectivity index is 2.39. The molecule has 0 aliphatic rings. The molecule has 2 aromatic rings. The highest BCUT2D eigenvalue weighted by molar-refractivity contribution is 5.81. The maximum absolute atomic E-state index is 9.80. The molecular formula is C13H17N5O4. The first kappa shape index (κ1) is 16.1. The zero-order chi connectivity index (χ0) is 16.3. The number of nitrogens with two attached hydrogens (primary N) is 1. The molecule has 0 aliphatic heterocycles. The molecule has 2 rings (SSSR count). The maximum Gasteiger partial charge on any atom is 0.167 e. The van der Waals surface area contributed by atoms with Crippen molar-refractivity contribution < 1.29 is 20.1 Å². The second-order valence-electron chi connectivity index (χ2n) is 4.88. The van der Waals surface area contributed by atoms with E-state index in [0.717, 1.165) is 0 Å². The molecule has 9 nitrogen and oxygen atoms in total. The molecule has 9 heteroatoms. The van der Waals surface area contributed by atoms with Gasteiger partial charge in [0.2, 0.25) is 0 Å². The predicted molar refractivity (Wildman–Crippen MR) is 77.3 cm³/mol. The number of rotatable bonds is 6. The minimum absolute atomic E-state index is 0.189. The number of ether oxygens (including phenoxy) is 1. The lowest BCUT2D eigenvalue weighted by molar-refractivity contribution is -0.183. The molecule has 3 atom stereocenters. The van der Waals surface area contributed by atoms with E-state index in [1.54, 1.807) is 0 Å². The summed E-state index contributed by atoms with van der Waals surface area (Å²) in [5, 5.41) is 28.8. The van der Waals surface area contributed by atoms with Crippen LogP contribution in [0.25, 0.3) is 11.2 Å². The zero-order valence-electron chi connectivity index (χ0n) is 11.9. The van der Waals surface area contributed by atoms with Crippen molar-refractivity contribution in [3.05, 3.63) is 12.7 Å². The van der Waals surface area contributed by atoms with E-state index in [-0.39, 0.29) is 5.82 Å². The molecule has 0 bridgehead atoms. The molecule has 0 spiro atoms. The van der Waals surface area contributed by atoms with Gasteiger partial charge in [-0.1, -0.05) is 5.92 Å². The Morgan fingerprint density at radius 3 is 2.77 bits per heavy atom. The maximum atomic E-state index is 9.80. The van der Waals surface area contributed by atoms with E-state index in [9.17, 15) is 15.3 Å². The van der Waals surface area contributed by atoms with Gasteiger partial charge in [-0.25, -0.2) is 15.0 Å². The lowest BCUT2D eigenvalue weighted by Crippen LogP contribution is -2.47. The van der Waals surface area contributed by atoms with E-state index in [2.05, 4.69) is 20.9 Å². The van der Waals surface area contributed by atoms with Crippen molar-refractivity contribution in [1.82, 2.24) is 19.5 Å². The highest BCUT2D eigenvalue weighted by Crippen LogP contribution is 2.25. The normalized spacial score (nSPS) is 16.9. The number of aliphatic hydroxyl groups excluding tert-OH is 3. The third-order valence-electron chi connectivity index (χ3n) is 3.31. The SMILES string of the molecule is C#C[C@H](O)[C@@](C)(CO)O[C@H](CO)n1cnc2c(N)ncnc21. The number of nitrogen functional groups attached to an aromatic ring is 1. The number of terminal acetylenes is 1. The summed E-state index contributed by atoms with van der Waals surface area (Å²) in [6.07, 6.45) is 5.46. The number of imidazole rings is 1. The fraction of sp³-hybridized carbons (Fsp3) is 0.462. The molecule has 0 radical (unpaired) electrons. The molecular weight excluding hydrogens is 290 g/mol. The number of hydrogen-bond acceptors (Lipinski definition) is 8. The molecule has 0 aromatic carbocycles. The third kappa shape index (κ3) is 2.72. The summed E-state index contributed by atoms with van der Waals surface area (Å²) in [7, 11) is 0. The summed E-state index contributed by atoms with van der Waals surface area (Å²) in [5.41, 5.74) is 4.94. The molecule has 0 unspecified atom stereocenters. The summed E-state index contributed by atoms with van der Waals surface area (Å²) < 4.78 is 7.03. The van der Waals surface area contributed by atoms with Crippen LogP contribution in [0.5, 0.6) is 0 Å². The average Bonchev–Trinajstić information content (AvgIpc) is 2.97. The van der Waals surface area contributed by atoms with Crippen molar-refractivity contribution in [3.63, 3.8) is 0 Å². The molecule has 118 valence electrons. The smallest absolute Gasteiger partial charge is 0.167 e. The monoisotopic (exact) mass is 307 g/mol. The predicted octanol–water partition coefficient (Wildman–Crippen LogP) is -1.34. The van der Waals surface area contributed by atoms with Gasteiger partial charge in [-0.05, 0) is 6.92 Å². The summed E-state index contributed by atoms with van der Waals surface area (Å²) in [4.78, 5) is 11.9. The Kier molecular flexibility index (Phi) is 4.58. The standard InChI is InChI=1S/C13H17N5O4/c1-3-8(21)13(2,5-20)22-9(4-19)18-7-17-10-11(14)15-6-16-12(10)18/h1,6-9,19-21H,4-5H2,2H3,(H2,14,15,16)/t8-,9+,13+/m0/s1. The Morgan fingerprint density at radius 1 is 1.45 bits per heavy atom. The van der Waals surface area contributed by atoms with Crippen LogP contribution in [0, 0.1) is 12.3 Å². The second-order valence-corrected chi connectivity index (χ2v) is 4.88. The fourth-order valence-corrected chi connectivity index (χ4v) is 1.94. The Bertz CT molecular complexity index is 697. The lowest BCUT2D eigenvalue weighted by atomic mass is 10.0. The fourth-order valence-electron chi connectivity index (χ4n) is 1.94. The molecule has 0 fully saturated rings. The first-order chi connectivity index (χ1) is 10.5. The van der Waals surface area contributed by atoms with E-state index in [1.807, 2.05) is 0 Å². The van der Waals surface area contributed by atoms with Gasteiger partial charge >= 0.3 is 0 Å². The minimum atomic E-state index is -1.46. The molecule has 0 aliphatic carbocycles. The number of hydrogen-bond donors (Lipinski definition) is 4. The second kappa shape index (κ2) is 6.25. The lowest BCUT2D eigenvalue weighted by Gasteiger charge is -2.33. The molecule has 0 saturated carbocycles. The first-order valence-corrected chi connectivity index (χ1v) is 6.43. The molecule has 2 aromatic heterocycles. The summed E-state index contributed by atoms with van der Waals surface area (Å²) in [5.74, 6) is 2.28. The Labute approximate surface area is 126 Å². The third-order valence-corrected chi connectivity index (χ3v) is 3.31. The number of fused-ring (bicyclic) bond motifs is 1. The highest BCUT2D eigenvalue weighted by atomic mass is 16.6. The van der Waals surface area contributed by atoms with Crippen molar-refractivity contribution in [2.24, 2.45) is 0 Å². The van der Waals surface area contributed by atoms with Crippen LogP contribution in [0.1, 0.15) is 13.2 Å². The molecule has 0 amide bonds. The van der Waals surface area contributed by atoms with E-state index in [4.69, 9.17) is 16.9 Å². The van der Waals surface area contributed by atoms with Crippen LogP contribution >= 0.6 is 0 Å². The van der Waals surface area contributed by atoms with Crippen LogP contribution in [-0.4, -0.2) is 59.8 Å². The van der Waals surface area contributed by atoms with Gasteiger partial charge in [0, 0.05) is 0 Å². The van der Waals surface area contributed by atoms with Crippen LogP contribution in [-0.2, 0) is 4.74 Å². The van der Waals surface area contributed by atoms with Gasteiger partial charge in [0.25, 0.3) is 0 Å². The van der Waals surface area contributed by atoms with Crippen LogP contribution in [0.2, 0.25) is 0 Å².